The first-order valence-electron chi connectivity index (χ1n) is 6.16. The van der Waals surface area contributed by atoms with E-state index in [4.69, 9.17) is 0 Å². The number of hydrogen-bond donors (Lipinski definition) is 0. The van der Waals surface area contributed by atoms with Gasteiger partial charge in [0.25, 0.3) is 5.91 Å². The third-order valence-electron chi connectivity index (χ3n) is 3.30. The fourth-order valence-electron chi connectivity index (χ4n) is 2.04. The van der Waals surface area contributed by atoms with Gasteiger partial charge in [-0.2, -0.15) is 0 Å². The lowest BCUT2D eigenvalue weighted by Crippen LogP contribution is -2.33. The summed E-state index contributed by atoms with van der Waals surface area (Å²) in [4.78, 5) is 18.8. The Morgan fingerprint density at radius 3 is 2.95 bits per heavy atom. The van der Waals surface area contributed by atoms with Crippen LogP contribution in [0.3, 0.4) is 0 Å². The number of amides is 1. The van der Waals surface area contributed by atoms with Crippen LogP contribution in [0.15, 0.2) is 27.6 Å². The van der Waals surface area contributed by atoms with Gasteiger partial charge in [0.2, 0.25) is 0 Å². The maximum Gasteiger partial charge on any atom is 0.255 e. The molecule has 19 heavy (non-hydrogen) atoms. The molecule has 0 spiro atoms. The molecule has 3 rings (SSSR count). The predicted octanol–water partition coefficient (Wildman–Crippen LogP) is 3.05. The Hall–Kier alpha value is -1.14. The number of carbonyl (C=O) groups is 1. The average molecular weight is 340 g/mol. The summed E-state index contributed by atoms with van der Waals surface area (Å²) < 4.78 is 2.95. The van der Waals surface area contributed by atoms with Gasteiger partial charge < -0.3 is 9.47 Å². The van der Waals surface area contributed by atoms with Crippen molar-refractivity contribution in [3.63, 3.8) is 0 Å². The van der Waals surface area contributed by atoms with E-state index in [2.05, 4.69) is 20.9 Å². The molecular formula is C13H14BrN3OS. The Bertz CT molecular complexity index is 603. The zero-order chi connectivity index (χ0) is 13.4. The van der Waals surface area contributed by atoms with Crippen molar-refractivity contribution in [1.82, 2.24) is 14.5 Å². The molecule has 0 N–H and O–H groups in total. The van der Waals surface area contributed by atoms with Gasteiger partial charge in [-0.3, -0.25) is 4.79 Å². The molecule has 2 aromatic rings. The van der Waals surface area contributed by atoms with Gasteiger partial charge in [-0.25, -0.2) is 4.98 Å². The summed E-state index contributed by atoms with van der Waals surface area (Å²) in [6.07, 6.45) is 5.88. The molecule has 100 valence electrons. The number of thiophene rings is 1. The normalized spacial score (nSPS) is 14.6. The van der Waals surface area contributed by atoms with E-state index in [0.29, 0.717) is 12.6 Å². The number of nitrogens with zero attached hydrogens (tertiary/aromatic N) is 3. The van der Waals surface area contributed by atoms with E-state index in [1.165, 1.54) is 0 Å². The lowest BCUT2D eigenvalue weighted by molar-refractivity contribution is 0.0724. The van der Waals surface area contributed by atoms with Crippen LogP contribution in [0.25, 0.3) is 0 Å². The van der Waals surface area contributed by atoms with Gasteiger partial charge in [0.1, 0.15) is 5.82 Å². The highest BCUT2D eigenvalue weighted by Gasteiger charge is 2.34. The predicted molar refractivity (Wildman–Crippen MR) is 78.1 cm³/mol. The van der Waals surface area contributed by atoms with Crippen molar-refractivity contribution in [2.24, 2.45) is 7.05 Å². The third kappa shape index (κ3) is 2.74. The van der Waals surface area contributed by atoms with Crippen LogP contribution >= 0.6 is 27.3 Å². The molecule has 0 radical (unpaired) electrons. The Morgan fingerprint density at radius 1 is 1.63 bits per heavy atom. The molecule has 1 aliphatic rings. The number of rotatable bonds is 4. The summed E-state index contributed by atoms with van der Waals surface area (Å²) >= 11 is 4.95. The maximum absolute atomic E-state index is 12.6. The fraction of sp³-hybridized carbons (Fsp3) is 0.385. The molecule has 0 aliphatic heterocycles. The number of hydrogen-bond acceptors (Lipinski definition) is 3. The lowest BCUT2D eigenvalue weighted by Gasteiger charge is -2.21. The minimum atomic E-state index is 0.104. The van der Waals surface area contributed by atoms with Crippen LogP contribution in [0.4, 0.5) is 0 Å². The van der Waals surface area contributed by atoms with Crippen LogP contribution < -0.4 is 0 Å². The summed E-state index contributed by atoms with van der Waals surface area (Å²) in [5, 5.41) is 1.90. The molecule has 1 amide bonds. The van der Waals surface area contributed by atoms with E-state index in [1.807, 2.05) is 34.2 Å². The van der Waals surface area contributed by atoms with Crippen molar-refractivity contribution >= 4 is 33.2 Å². The maximum atomic E-state index is 12.6. The molecule has 2 aromatic heterocycles. The van der Waals surface area contributed by atoms with Crippen molar-refractivity contribution in [3.05, 3.63) is 39.0 Å². The lowest BCUT2D eigenvalue weighted by atomic mass is 10.3. The first-order valence-corrected chi connectivity index (χ1v) is 7.83. The van der Waals surface area contributed by atoms with Gasteiger partial charge >= 0.3 is 0 Å². The van der Waals surface area contributed by atoms with E-state index in [1.54, 1.807) is 17.5 Å². The minimum absolute atomic E-state index is 0.104. The summed E-state index contributed by atoms with van der Waals surface area (Å²) in [5.41, 5.74) is 0.762. The molecule has 1 aliphatic carbocycles. The molecule has 6 heteroatoms. The second kappa shape index (κ2) is 5.09. The van der Waals surface area contributed by atoms with Crippen molar-refractivity contribution in [2.45, 2.75) is 25.4 Å². The van der Waals surface area contributed by atoms with Gasteiger partial charge in [-0.15, -0.1) is 11.3 Å². The summed E-state index contributed by atoms with van der Waals surface area (Å²) in [6.45, 7) is 0.584. The number of aromatic nitrogens is 2. The molecule has 1 fully saturated rings. The smallest absolute Gasteiger partial charge is 0.255 e. The average Bonchev–Trinajstić information content (AvgIpc) is 3.01. The molecule has 0 aromatic carbocycles. The first kappa shape index (κ1) is 12.9. The number of aryl methyl sites for hydroxylation is 1. The molecule has 2 heterocycles. The second-order valence-electron chi connectivity index (χ2n) is 4.76. The highest BCUT2D eigenvalue weighted by molar-refractivity contribution is 9.11. The summed E-state index contributed by atoms with van der Waals surface area (Å²) in [6, 6.07) is 2.27. The van der Waals surface area contributed by atoms with Crippen LogP contribution in [-0.2, 0) is 13.6 Å². The molecule has 0 saturated heterocycles. The van der Waals surface area contributed by atoms with Crippen LogP contribution in [0, 0.1) is 0 Å². The van der Waals surface area contributed by atoms with E-state index < -0.39 is 0 Å². The quantitative estimate of drug-likeness (QED) is 0.858. The molecule has 0 bridgehead atoms. The Balaban J connectivity index is 1.81. The van der Waals surface area contributed by atoms with Gasteiger partial charge in [0.15, 0.2) is 0 Å². The highest BCUT2D eigenvalue weighted by Crippen LogP contribution is 2.31. The fourth-order valence-corrected chi connectivity index (χ4v) is 3.17. The minimum Gasteiger partial charge on any atom is -0.337 e. The topological polar surface area (TPSA) is 38.1 Å². The zero-order valence-electron chi connectivity index (χ0n) is 10.5. The van der Waals surface area contributed by atoms with Gasteiger partial charge in [-0.05, 0) is 34.8 Å². The number of halogens is 1. The summed E-state index contributed by atoms with van der Waals surface area (Å²) in [7, 11) is 1.96. The van der Waals surface area contributed by atoms with Crippen LogP contribution in [0.2, 0.25) is 0 Å². The van der Waals surface area contributed by atoms with Gasteiger partial charge in [-0.1, -0.05) is 0 Å². The standard InChI is InChI=1S/C13H14BrN3OS/c1-16-5-4-15-12(16)7-17(10-2-3-10)13(18)9-6-11(14)19-8-9/h4-6,8,10H,2-3,7H2,1H3. The van der Waals surface area contributed by atoms with Crippen molar-refractivity contribution in [2.75, 3.05) is 0 Å². The van der Waals surface area contributed by atoms with Crippen LogP contribution in [0.1, 0.15) is 29.0 Å². The van der Waals surface area contributed by atoms with Crippen molar-refractivity contribution in [1.29, 1.82) is 0 Å². The van der Waals surface area contributed by atoms with Crippen LogP contribution in [-0.4, -0.2) is 26.4 Å². The van der Waals surface area contributed by atoms with Gasteiger partial charge in [0, 0.05) is 30.9 Å². The SMILES string of the molecule is Cn1ccnc1CN(C(=O)c1csc(Br)c1)C1CC1. The molecule has 1 saturated carbocycles. The Labute approximate surface area is 124 Å². The highest BCUT2D eigenvalue weighted by atomic mass is 79.9. The third-order valence-corrected chi connectivity index (χ3v) is 4.80. The molecular weight excluding hydrogens is 326 g/mol. The van der Waals surface area contributed by atoms with Crippen molar-refractivity contribution in [3.8, 4) is 0 Å². The Kier molecular flexibility index (Phi) is 3.45. The molecule has 0 unspecified atom stereocenters. The zero-order valence-corrected chi connectivity index (χ0v) is 12.9. The number of carbonyl (C=O) groups excluding carboxylic acids is 1. The van der Waals surface area contributed by atoms with E-state index in [9.17, 15) is 4.79 Å². The monoisotopic (exact) mass is 339 g/mol. The van der Waals surface area contributed by atoms with E-state index in [0.717, 1.165) is 28.0 Å². The second-order valence-corrected chi connectivity index (χ2v) is 7.05. The Morgan fingerprint density at radius 2 is 2.42 bits per heavy atom. The molecule has 4 nitrogen and oxygen atoms in total. The first-order chi connectivity index (χ1) is 9.15. The number of imidazole rings is 1. The summed E-state index contributed by atoms with van der Waals surface area (Å²) in [5.74, 6) is 1.03. The van der Waals surface area contributed by atoms with Gasteiger partial charge in [0.05, 0.1) is 15.9 Å². The van der Waals surface area contributed by atoms with E-state index in [-0.39, 0.29) is 5.91 Å². The van der Waals surface area contributed by atoms with E-state index >= 15 is 0 Å². The van der Waals surface area contributed by atoms with Crippen molar-refractivity contribution < 1.29 is 4.79 Å². The largest absolute Gasteiger partial charge is 0.337 e. The molecule has 0 atom stereocenters. The van der Waals surface area contributed by atoms with Crippen LogP contribution in [0.5, 0.6) is 0 Å².